The first-order valence-electron chi connectivity index (χ1n) is 9.48. The maximum atomic E-state index is 12.8. The van der Waals surface area contributed by atoms with E-state index >= 15 is 0 Å². The zero-order chi connectivity index (χ0) is 22.5. The van der Waals surface area contributed by atoms with Crippen molar-refractivity contribution in [3.8, 4) is 6.07 Å². The largest absolute Gasteiger partial charge is 0.312 e. The summed E-state index contributed by atoms with van der Waals surface area (Å²) in [6, 6.07) is 8.02. The van der Waals surface area contributed by atoms with E-state index in [4.69, 9.17) is 0 Å². The summed E-state index contributed by atoms with van der Waals surface area (Å²) in [5, 5.41) is 16.7. The summed E-state index contributed by atoms with van der Waals surface area (Å²) < 4.78 is 25.5. The molecule has 3 rings (SSSR count). The molecule has 0 spiro atoms. The van der Waals surface area contributed by atoms with Gasteiger partial charge >= 0.3 is 0 Å². The maximum Gasteiger partial charge on any atom is 0.256 e. The van der Waals surface area contributed by atoms with Crippen LogP contribution in [0, 0.1) is 11.3 Å². The molecule has 1 amide bonds. The van der Waals surface area contributed by atoms with E-state index in [0.29, 0.717) is 22.5 Å². The van der Waals surface area contributed by atoms with Crippen LogP contribution >= 0.6 is 11.3 Å². The van der Waals surface area contributed by atoms with Crippen LogP contribution < -0.4 is 10.6 Å². The minimum Gasteiger partial charge on any atom is -0.312 e. The Balaban J connectivity index is 1.92. The van der Waals surface area contributed by atoms with E-state index < -0.39 is 10.0 Å². The summed E-state index contributed by atoms with van der Waals surface area (Å²) in [6.07, 6.45) is 0.693. The second kappa shape index (κ2) is 7.46. The molecule has 0 unspecified atom stereocenters. The molecular weight excluding hydrogens is 420 g/mol. The van der Waals surface area contributed by atoms with E-state index in [1.165, 1.54) is 49.7 Å². The highest BCUT2D eigenvalue weighted by molar-refractivity contribution is 7.89. The van der Waals surface area contributed by atoms with Crippen LogP contribution in [-0.2, 0) is 22.0 Å². The Morgan fingerprint density at radius 1 is 1.20 bits per heavy atom. The lowest BCUT2D eigenvalue weighted by atomic mass is 9.81. The van der Waals surface area contributed by atoms with Crippen LogP contribution in [-0.4, -0.2) is 38.3 Å². The number of nitrogens with zero attached hydrogens (tertiary/aromatic N) is 2. The second-order valence-electron chi connectivity index (χ2n) is 8.80. The van der Waals surface area contributed by atoms with Crippen molar-refractivity contribution in [2.24, 2.45) is 0 Å². The lowest BCUT2D eigenvalue weighted by Gasteiger charge is -2.42. The number of anilines is 1. The Morgan fingerprint density at radius 2 is 1.80 bits per heavy atom. The van der Waals surface area contributed by atoms with Crippen LogP contribution in [0.15, 0.2) is 29.2 Å². The molecule has 0 aliphatic carbocycles. The van der Waals surface area contributed by atoms with Crippen molar-refractivity contribution >= 4 is 32.3 Å². The van der Waals surface area contributed by atoms with Crippen molar-refractivity contribution in [1.29, 1.82) is 5.26 Å². The predicted octanol–water partition coefficient (Wildman–Crippen LogP) is 3.28. The van der Waals surface area contributed by atoms with Gasteiger partial charge in [0.25, 0.3) is 5.91 Å². The standard InChI is InChI=1S/C21H26N4O3S2/c1-20(2)11-15-16(12-22)19(29-17(15)21(3,4)24-20)23-18(26)13-7-9-14(10-8-13)30(27,28)25(5)6/h7-10,24H,11H2,1-6H3,(H,23,26). The highest BCUT2D eigenvalue weighted by atomic mass is 32.2. The summed E-state index contributed by atoms with van der Waals surface area (Å²) in [7, 11) is -0.654. The van der Waals surface area contributed by atoms with E-state index in [2.05, 4.69) is 44.4 Å². The van der Waals surface area contributed by atoms with Gasteiger partial charge in [0.05, 0.1) is 10.5 Å². The summed E-state index contributed by atoms with van der Waals surface area (Å²) in [6.45, 7) is 8.33. The molecular formula is C21H26N4O3S2. The Labute approximate surface area is 181 Å². The fraction of sp³-hybridized carbons (Fsp3) is 0.429. The molecule has 0 saturated heterocycles. The molecule has 30 heavy (non-hydrogen) atoms. The zero-order valence-electron chi connectivity index (χ0n) is 18.0. The van der Waals surface area contributed by atoms with E-state index in [1.807, 2.05) is 0 Å². The average Bonchev–Trinajstić information content (AvgIpc) is 2.97. The topological polar surface area (TPSA) is 102 Å². The quantitative estimate of drug-likeness (QED) is 0.750. The third-order valence-corrected chi connectivity index (χ3v) is 8.38. The molecule has 1 aromatic carbocycles. The van der Waals surface area contributed by atoms with Crippen LogP contribution in [0.1, 0.15) is 54.1 Å². The summed E-state index contributed by atoms with van der Waals surface area (Å²) in [5.74, 6) is -0.385. The molecule has 1 aliphatic rings. The van der Waals surface area contributed by atoms with Crippen molar-refractivity contribution in [2.45, 2.75) is 50.1 Å². The molecule has 7 nitrogen and oxygen atoms in total. The monoisotopic (exact) mass is 446 g/mol. The Bertz CT molecular complexity index is 1140. The molecule has 0 saturated carbocycles. The first-order chi connectivity index (χ1) is 13.8. The normalized spacial score (nSPS) is 17.3. The molecule has 2 heterocycles. The van der Waals surface area contributed by atoms with Gasteiger partial charge in [-0.25, -0.2) is 12.7 Å². The molecule has 160 valence electrons. The molecule has 0 fully saturated rings. The average molecular weight is 447 g/mol. The third-order valence-electron chi connectivity index (χ3n) is 5.08. The number of amides is 1. The number of hydrogen-bond donors (Lipinski definition) is 2. The van der Waals surface area contributed by atoms with Gasteiger partial charge in [-0.2, -0.15) is 5.26 Å². The van der Waals surface area contributed by atoms with E-state index in [-0.39, 0.29) is 21.9 Å². The van der Waals surface area contributed by atoms with Gasteiger partial charge in [-0.3, -0.25) is 4.79 Å². The third kappa shape index (κ3) is 4.01. The molecule has 1 aliphatic heterocycles. The van der Waals surface area contributed by atoms with Crippen LogP contribution in [0.25, 0.3) is 0 Å². The number of thiophene rings is 1. The lowest BCUT2D eigenvalue weighted by molar-refractivity contribution is 0.102. The summed E-state index contributed by atoms with van der Waals surface area (Å²) in [5.41, 5.74) is 1.30. The number of rotatable bonds is 4. The van der Waals surface area contributed by atoms with Crippen molar-refractivity contribution in [2.75, 3.05) is 19.4 Å². The number of sulfonamides is 1. The molecule has 0 bridgehead atoms. The van der Waals surface area contributed by atoms with Crippen LogP contribution in [0.2, 0.25) is 0 Å². The Morgan fingerprint density at radius 3 is 2.33 bits per heavy atom. The van der Waals surface area contributed by atoms with Gasteiger partial charge in [0, 0.05) is 35.6 Å². The van der Waals surface area contributed by atoms with E-state index in [0.717, 1.165) is 14.7 Å². The smallest absolute Gasteiger partial charge is 0.256 e. The van der Waals surface area contributed by atoms with Gasteiger partial charge in [-0.05, 0) is 63.9 Å². The molecule has 2 N–H and O–H groups in total. The number of benzene rings is 1. The van der Waals surface area contributed by atoms with E-state index in [1.54, 1.807) is 0 Å². The number of fused-ring (bicyclic) bond motifs is 1. The van der Waals surface area contributed by atoms with Gasteiger partial charge in [0.15, 0.2) is 0 Å². The minimum absolute atomic E-state index is 0.114. The van der Waals surface area contributed by atoms with Crippen molar-refractivity contribution < 1.29 is 13.2 Å². The zero-order valence-corrected chi connectivity index (χ0v) is 19.6. The molecule has 1 aromatic heterocycles. The fourth-order valence-corrected chi connectivity index (χ4v) is 6.02. The van der Waals surface area contributed by atoms with Gasteiger partial charge in [0.2, 0.25) is 10.0 Å². The van der Waals surface area contributed by atoms with Gasteiger partial charge in [0.1, 0.15) is 11.1 Å². The first kappa shape index (κ1) is 22.4. The van der Waals surface area contributed by atoms with Crippen LogP contribution in [0.5, 0.6) is 0 Å². The highest BCUT2D eigenvalue weighted by Crippen LogP contribution is 2.44. The number of nitrogens with one attached hydrogen (secondary N) is 2. The van der Waals surface area contributed by atoms with E-state index in [9.17, 15) is 18.5 Å². The predicted molar refractivity (Wildman–Crippen MR) is 118 cm³/mol. The second-order valence-corrected chi connectivity index (χ2v) is 12.0. The highest BCUT2D eigenvalue weighted by Gasteiger charge is 2.40. The fourth-order valence-electron chi connectivity index (χ4n) is 3.90. The number of carbonyl (C=O) groups excluding carboxylic acids is 1. The van der Waals surface area contributed by atoms with Crippen LogP contribution in [0.4, 0.5) is 5.00 Å². The van der Waals surface area contributed by atoms with Gasteiger partial charge in [-0.1, -0.05) is 0 Å². The molecule has 9 heteroatoms. The van der Waals surface area contributed by atoms with Crippen molar-refractivity contribution in [3.63, 3.8) is 0 Å². The Hall–Kier alpha value is -2.25. The first-order valence-corrected chi connectivity index (χ1v) is 11.7. The summed E-state index contributed by atoms with van der Waals surface area (Å²) in [4.78, 5) is 13.9. The molecule has 0 atom stereocenters. The van der Waals surface area contributed by atoms with Crippen molar-refractivity contribution in [3.05, 3.63) is 45.8 Å². The SMILES string of the molecule is CN(C)S(=O)(=O)c1ccc(C(=O)Nc2sc3c(c2C#N)CC(C)(C)NC3(C)C)cc1. The number of carbonyl (C=O) groups is 1. The van der Waals surface area contributed by atoms with Gasteiger partial charge < -0.3 is 10.6 Å². The molecule has 0 radical (unpaired) electrons. The maximum absolute atomic E-state index is 12.8. The Kier molecular flexibility index (Phi) is 5.58. The summed E-state index contributed by atoms with van der Waals surface area (Å²) >= 11 is 1.41. The number of hydrogen-bond acceptors (Lipinski definition) is 6. The van der Waals surface area contributed by atoms with Crippen LogP contribution in [0.3, 0.4) is 0 Å². The van der Waals surface area contributed by atoms with Crippen molar-refractivity contribution in [1.82, 2.24) is 9.62 Å². The number of nitriles is 1. The lowest BCUT2D eigenvalue weighted by Crippen LogP contribution is -2.54. The van der Waals surface area contributed by atoms with Gasteiger partial charge in [-0.15, -0.1) is 11.3 Å². The molecule has 2 aromatic rings. The minimum atomic E-state index is -3.56.